The van der Waals surface area contributed by atoms with Crippen LogP contribution in [0.15, 0.2) is 72.0 Å². The Balaban J connectivity index is 1.38. The molecule has 2 aromatic carbocycles. The maximum atomic E-state index is 12.3. The molecular formula is C25H24N4OS. The van der Waals surface area contributed by atoms with Crippen molar-refractivity contribution in [3.8, 4) is 0 Å². The Morgan fingerprint density at radius 1 is 1.10 bits per heavy atom. The lowest BCUT2D eigenvalue weighted by Gasteiger charge is -2.10. The number of amides is 1. The number of aromatic nitrogens is 3. The minimum absolute atomic E-state index is 0.0123. The van der Waals surface area contributed by atoms with Gasteiger partial charge in [0.25, 0.3) is 5.91 Å². The first-order valence-electron chi connectivity index (χ1n) is 10.6. The van der Waals surface area contributed by atoms with Crippen LogP contribution >= 0.6 is 11.8 Å². The zero-order valence-electron chi connectivity index (χ0n) is 17.4. The maximum absolute atomic E-state index is 12.3. The van der Waals surface area contributed by atoms with E-state index in [1.54, 1.807) is 11.8 Å². The Morgan fingerprint density at radius 3 is 2.68 bits per heavy atom. The molecule has 1 aliphatic carbocycles. The van der Waals surface area contributed by atoms with Gasteiger partial charge >= 0.3 is 0 Å². The van der Waals surface area contributed by atoms with Gasteiger partial charge in [0, 0.05) is 23.6 Å². The van der Waals surface area contributed by atoms with Crippen LogP contribution < -0.4 is 5.32 Å². The van der Waals surface area contributed by atoms with Crippen LogP contribution in [0.25, 0.3) is 11.2 Å². The summed E-state index contributed by atoms with van der Waals surface area (Å²) in [6, 6.07) is 20.6. The average Bonchev–Trinajstić information content (AvgIpc) is 3.54. The van der Waals surface area contributed by atoms with Crippen molar-refractivity contribution in [2.75, 3.05) is 0 Å². The zero-order chi connectivity index (χ0) is 21.2. The molecule has 0 saturated heterocycles. The van der Waals surface area contributed by atoms with Crippen LogP contribution in [0, 0.1) is 6.92 Å². The zero-order valence-corrected chi connectivity index (χ0v) is 18.2. The summed E-state index contributed by atoms with van der Waals surface area (Å²) in [5.41, 5.74) is 6.20. The number of benzene rings is 2. The van der Waals surface area contributed by atoms with E-state index in [-0.39, 0.29) is 5.91 Å². The molecule has 1 aliphatic rings. The quantitative estimate of drug-likeness (QED) is 0.422. The van der Waals surface area contributed by atoms with Crippen LogP contribution in [0.2, 0.25) is 0 Å². The standard InChI is InChI=1S/C25H24N4OS/c1-17-5-2-3-6-20(17)16-31-25-28-22-7-4-14-26-23(22)29(25)15-18-8-10-19(11-9-18)24(30)27-21-12-13-21/h2-11,14,21H,12-13,15-16H2,1H3,(H,27,30). The molecule has 2 heterocycles. The van der Waals surface area contributed by atoms with Crippen molar-refractivity contribution in [3.63, 3.8) is 0 Å². The van der Waals surface area contributed by atoms with Gasteiger partial charge in [0.05, 0.1) is 6.54 Å². The van der Waals surface area contributed by atoms with Gasteiger partial charge in [-0.1, -0.05) is 48.2 Å². The number of aryl methyl sites for hydroxylation is 1. The second-order valence-electron chi connectivity index (χ2n) is 7.99. The van der Waals surface area contributed by atoms with Crippen LogP contribution in [0.5, 0.6) is 0 Å². The van der Waals surface area contributed by atoms with Gasteiger partial charge in [-0.15, -0.1) is 0 Å². The summed E-state index contributed by atoms with van der Waals surface area (Å²) < 4.78 is 2.16. The summed E-state index contributed by atoms with van der Waals surface area (Å²) in [6.07, 6.45) is 3.99. The van der Waals surface area contributed by atoms with E-state index in [1.807, 2.05) is 42.6 Å². The first kappa shape index (κ1) is 19.8. The molecule has 0 unspecified atom stereocenters. The maximum Gasteiger partial charge on any atom is 0.251 e. The van der Waals surface area contributed by atoms with Crippen LogP contribution in [0.1, 0.15) is 39.9 Å². The molecular weight excluding hydrogens is 404 g/mol. The molecule has 1 saturated carbocycles. The monoisotopic (exact) mass is 428 g/mol. The average molecular weight is 429 g/mol. The van der Waals surface area contributed by atoms with Crippen LogP contribution in [0.4, 0.5) is 0 Å². The van der Waals surface area contributed by atoms with Gasteiger partial charge in [0.2, 0.25) is 0 Å². The number of nitrogens with zero attached hydrogens (tertiary/aromatic N) is 3. The Labute approximate surface area is 185 Å². The fraction of sp³-hybridized carbons (Fsp3) is 0.240. The first-order chi connectivity index (χ1) is 15.2. The number of thioether (sulfide) groups is 1. The summed E-state index contributed by atoms with van der Waals surface area (Å²) in [6.45, 7) is 2.80. The van der Waals surface area contributed by atoms with E-state index >= 15 is 0 Å². The van der Waals surface area contributed by atoms with E-state index in [1.165, 1.54) is 11.1 Å². The van der Waals surface area contributed by atoms with Gasteiger partial charge in [0.15, 0.2) is 10.8 Å². The van der Waals surface area contributed by atoms with Gasteiger partial charge < -0.3 is 5.32 Å². The predicted molar refractivity (Wildman–Crippen MR) is 124 cm³/mol. The SMILES string of the molecule is Cc1ccccc1CSc1nc2cccnc2n1Cc1ccc(C(=O)NC2CC2)cc1. The molecule has 0 radical (unpaired) electrons. The highest BCUT2D eigenvalue weighted by molar-refractivity contribution is 7.98. The highest BCUT2D eigenvalue weighted by atomic mass is 32.2. The van der Waals surface area contributed by atoms with Crippen molar-refractivity contribution in [1.29, 1.82) is 0 Å². The summed E-state index contributed by atoms with van der Waals surface area (Å²) >= 11 is 1.73. The number of fused-ring (bicyclic) bond motifs is 1. The molecule has 156 valence electrons. The van der Waals surface area contributed by atoms with Crippen LogP contribution in [-0.4, -0.2) is 26.5 Å². The molecule has 1 amide bonds. The van der Waals surface area contributed by atoms with Crippen molar-refractivity contribution in [2.24, 2.45) is 0 Å². The Morgan fingerprint density at radius 2 is 1.90 bits per heavy atom. The lowest BCUT2D eigenvalue weighted by molar-refractivity contribution is 0.0951. The predicted octanol–water partition coefficient (Wildman–Crippen LogP) is 4.97. The summed E-state index contributed by atoms with van der Waals surface area (Å²) in [5, 5.41) is 3.99. The molecule has 2 aromatic heterocycles. The Bertz CT molecular complexity index is 1230. The normalized spacial score (nSPS) is 13.5. The van der Waals surface area contributed by atoms with Crippen molar-refractivity contribution in [1.82, 2.24) is 19.9 Å². The number of rotatable bonds is 7. The van der Waals surface area contributed by atoms with Crippen LogP contribution in [0.3, 0.4) is 0 Å². The van der Waals surface area contributed by atoms with Crippen molar-refractivity contribution >= 4 is 28.8 Å². The topological polar surface area (TPSA) is 59.8 Å². The Hall–Kier alpha value is -3.12. The summed E-state index contributed by atoms with van der Waals surface area (Å²) in [5.74, 6) is 0.870. The fourth-order valence-corrected chi connectivity index (χ4v) is 4.62. The number of hydrogen-bond acceptors (Lipinski definition) is 4. The molecule has 1 fully saturated rings. The summed E-state index contributed by atoms with van der Waals surface area (Å²) in [4.78, 5) is 21.7. The van der Waals surface area contributed by atoms with Gasteiger partial charge in [-0.25, -0.2) is 9.97 Å². The lowest BCUT2D eigenvalue weighted by Crippen LogP contribution is -2.25. The molecule has 0 atom stereocenters. The second kappa shape index (κ2) is 8.55. The second-order valence-corrected chi connectivity index (χ2v) is 8.93. The van der Waals surface area contributed by atoms with Crippen molar-refractivity contribution in [3.05, 3.63) is 89.1 Å². The van der Waals surface area contributed by atoms with Gasteiger partial charge in [0.1, 0.15) is 5.52 Å². The van der Waals surface area contributed by atoms with Gasteiger partial charge in [-0.3, -0.25) is 9.36 Å². The number of carbonyl (C=O) groups excluding carboxylic acids is 1. The van der Waals surface area contributed by atoms with Crippen molar-refractivity contribution in [2.45, 2.75) is 43.3 Å². The van der Waals surface area contributed by atoms with Gasteiger partial charge in [-0.05, 0) is 60.7 Å². The van der Waals surface area contributed by atoms with E-state index < -0.39 is 0 Å². The lowest BCUT2D eigenvalue weighted by atomic mass is 10.1. The number of pyridine rings is 1. The number of imidazole rings is 1. The van der Waals surface area contributed by atoms with Gasteiger partial charge in [-0.2, -0.15) is 0 Å². The molecule has 6 heteroatoms. The molecule has 0 aliphatic heterocycles. The molecule has 1 N–H and O–H groups in total. The number of nitrogens with one attached hydrogen (secondary N) is 1. The minimum atomic E-state index is 0.0123. The summed E-state index contributed by atoms with van der Waals surface area (Å²) in [7, 11) is 0. The third kappa shape index (κ3) is 4.49. The molecule has 4 aromatic rings. The minimum Gasteiger partial charge on any atom is -0.349 e. The highest BCUT2D eigenvalue weighted by Crippen LogP contribution is 2.28. The molecule has 5 rings (SSSR count). The number of carbonyl (C=O) groups is 1. The smallest absolute Gasteiger partial charge is 0.251 e. The molecule has 0 spiro atoms. The van der Waals surface area contributed by atoms with E-state index in [9.17, 15) is 4.79 Å². The van der Waals surface area contributed by atoms with E-state index in [2.05, 4.69) is 46.1 Å². The fourth-order valence-electron chi connectivity index (χ4n) is 3.55. The molecule has 5 nitrogen and oxygen atoms in total. The van der Waals surface area contributed by atoms with Crippen LogP contribution in [-0.2, 0) is 12.3 Å². The third-order valence-corrected chi connectivity index (χ3v) is 6.58. The third-order valence-electron chi connectivity index (χ3n) is 5.56. The molecule has 0 bridgehead atoms. The first-order valence-corrected chi connectivity index (χ1v) is 11.5. The van der Waals surface area contributed by atoms with E-state index in [4.69, 9.17) is 4.98 Å². The highest BCUT2D eigenvalue weighted by Gasteiger charge is 2.23. The molecule has 31 heavy (non-hydrogen) atoms. The Kier molecular flexibility index (Phi) is 5.47. The van der Waals surface area contributed by atoms with E-state index in [0.717, 1.165) is 40.5 Å². The van der Waals surface area contributed by atoms with Crippen molar-refractivity contribution < 1.29 is 4.79 Å². The van der Waals surface area contributed by atoms with E-state index in [0.29, 0.717) is 18.2 Å². The number of hydrogen-bond donors (Lipinski definition) is 1. The largest absolute Gasteiger partial charge is 0.349 e.